The van der Waals surface area contributed by atoms with Crippen molar-refractivity contribution in [1.82, 2.24) is 9.97 Å². The van der Waals surface area contributed by atoms with E-state index in [-0.39, 0.29) is 5.41 Å². The smallest absolute Gasteiger partial charge is 0.197 e. The quantitative estimate of drug-likeness (QED) is 0.899. The summed E-state index contributed by atoms with van der Waals surface area (Å²) >= 11 is 0. The van der Waals surface area contributed by atoms with Crippen LogP contribution in [0.25, 0.3) is 11.6 Å². The van der Waals surface area contributed by atoms with Gasteiger partial charge in [0.1, 0.15) is 5.82 Å². The van der Waals surface area contributed by atoms with Crippen LogP contribution < -0.4 is 5.32 Å². The van der Waals surface area contributed by atoms with Crippen LogP contribution in [0, 0.1) is 0 Å². The molecule has 0 bridgehead atoms. The minimum Gasteiger partial charge on any atom is -0.461 e. The van der Waals surface area contributed by atoms with Crippen molar-refractivity contribution in [1.29, 1.82) is 0 Å². The number of hydrogen-bond acceptors (Lipinski definition) is 4. The van der Waals surface area contributed by atoms with E-state index >= 15 is 0 Å². The first-order valence-electron chi connectivity index (χ1n) is 6.18. The number of nitrogens with zero attached hydrogens (tertiary/aromatic N) is 2. The molecule has 0 radical (unpaired) electrons. The summed E-state index contributed by atoms with van der Waals surface area (Å²) in [6.45, 7) is 9.29. The van der Waals surface area contributed by atoms with Crippen LogP contribution in [0.3, 0.4) is 0 Å². The Morgan fingerprint density at radius 2 is 2.06 bits per heavy atom. The minimum absolute atomic E-state index is 0.0194. The van der Waals surface area contributed by atoms with E-state index in [1.807, 2.05) is 25.1 Å². The molecule has 2 rings (SSSR count). The normalized spacial score (nSPS) is 11.6. The standard InChI is InChI=1S/C14H19N3O/c1-5-15-12-9-11(14(2,3)4)16-13(17-12)10-7-6-8-18-10/h6-9H,5H2,1-4H3,(H,15,16,17). The Kier molecular flexibility index (Phi) is 3.36. The molecule has 96 valence electrons. The zero-order chi connectivity index (χ0) is 13.2. The zero-order valence-electron chi connectivity index (χ0n) is 11.3. The molecule has 0 amide bonds. The van der Waals surface area contributed by atoms with E-state index < -0.39 is 0 Å². The van der Waals surface area contributed by atoms with Gasteiger partial charge in [-0.1, -0.05) is 20.8 Å². The lowest BCUT2D eigenvalue weighted by Crippen LogP contribution is -2.15. The fraction of sp³-hybridized carbons (Fsp3) is 0.429. The Balaban J connectivity index is 2.50. The van der Waals surface area contributed by atoms with Crippen molar-refractivity contribution in [2.24, 2.45) is 0 Å². The Hall–Kier alpha value is -1.84. The summed E-state index contributed by atoms with van der Waals surface area (Å²) in [5.74, 6) is 2.16. The molecule has 0 aliphatic rings. The number of nitrogens with one attached hydrogen (secondary N) is 1. The fourth-order valence-corrected chi connectivity index (χ4v) is 1.62. The molecule has 0 spiro atoms. The van der Waals surface area contributed by atoms with Crippen molar-refractivity contribution < 1.29 is 4.42 Å². The van der Waals surface area contributed by atoms with E-state index in [1.165, 1.54) is 0 Å². The molecule has 18 heavy (non-hydrogen) atoms. The topological polar surface area (TPSA) is 51.0 Å². The summed E-state index contributed by atoms with van der Waals surface area (Å²) in [5, 5.41) is 3.23. The number of furan rings is 1. The molecule has 2 aromatic heterocycles. The van der Waals surface area contributed by atoms with Gasteiger partial charge in [-0.2, -0.15) is 0 Å². The van der Waals surface area contributed by atoms with Gasteiger partial charge in [0.25, 0.3) is 0 Å². The summed E-state index contributed by atoms with van der Waals surface area (Å²) in [5.41, 5.74) is 0.980. The third kappa shape index (κ3) is 2.70. The highest BCUT2D eigenvalue weighted by Crippen LogP contribution is 2.25. The highest BCUT2D eigenvalue weighted by molar-refractivity contribution is 5.52. The first-order chi connectivity index (χ1) is 8.50. The van der Waals surface area contributed by atoms with E-state index in [1.54, 1.807) is 6.26 Å². The van der Waals surface area contributed by atoms with Crippen LogP contribution in [0.2, 0.25) is 0 Å². The lowest BCUT2D eigenvalue weighted by molar-refractivity contribution is 0.557. The molecule has 0 atom stereocenters. The van der Waals surface area contributed by atoms with Gasteiger partial charge in [0, 0.05) is 18.0 Å². The molecular weight excluding hydrogens is 226 g/mol. The van der Waals surface area contributed by atoms with Crippen LogP contribution in [0.15, 0.2) is 28.9 Å². The zero-order valence-corrected chi connectivity index (χ0v) is 11.3. The van der Waals surface area contributed by atoms with Gasteiger partial charge in [0.05, 0.1) is 12.0 Å². The van der Waals surface area contributed by atoms with E-state index in [2.05, 4.69) is 36.1 Å². The molecule has 0 unspecified atom stereocenters. The second kappa shape index (κ2) is 4.80. The van der Waals surface area contributed by atoms with Gasteiger partial charge in [0.15, 0.2) is 11.6 Å². The molecule has 4 heteroatoms. The number of hydrogen-bond donors (Lipinski definition) is 1. The van der Waals surface area contributed by atoms with Gasteiger partial charge in [-0.25, -0.2) is 9.97 Å². The van der Waals surface area contributed by atoms with Gasteiger partial charge in [0.2, 0.25) is 0 Å². The highest BCUT2D eigenvalue weighted by Gasteiger charge is 2.19. The van der Waals surface area contributed by atoms with Gasteiger partial charge in [-0.05, 0) is 19.1 Å². The van der Waals surface area contributed by atoms with E-state index in [0.717, 1.165) is 18.1 Å². The lowest BCUT2D eigenvalue weighted by atomic mass is 9.92. The average Bonchev–Trinajstić information content (AvgIpc) is 2.81. The summed E-state index contributed by atoms with van der Waals surface area (Å²) in [6, 6.07) is 5.71. The predicted octanol–water partition coefficient (Wildman–Crippen LogP) is 3.47. The summed E-state index contributed by atoms with van der Waals surface area (Å²) in [4.78, 5) is 9.05. The van der Waals surface area contributed by atoms with Gasteiger partial charge in [-0.3, -0.25) is 0 Å². The highest BCUT2D eigenvalue weighted by atomic mass is 16.3. The molecular formula is C14H19N3O. The van der Waals surface area contributed by atoms with E-state index in [0.29, 0.717) is 11.6 Å². The molecule has 1 N–H and O–H groups in total. The SMILES string of the molecule is CCNc1cc(C(C)(C)C)nc(-c2ccco2)n1. The minimum atomic E-state index is -0.0194. The summed E-state index contributed by atoms with van der Waals surface area (Å²) in [7, 11) is 0. The van der Waals surface area contributed by atoms with E-state index in [9.17, 15) is 0 Å². The van der Waals surface area contributed by atoms with E-state index in [4.69, 9.17) is 4.42 Å². The predicted molar refractivity (Wildman–Crippen MR) is 72.6 cm³/mol. The fourth-order valence-electron chi connectivity index (χ4n) is 1.62. The number of anilines is 1. The Bertz CT molecular complexity index is 512. The average molecular weight is 245 g/mol. The first-order valence-corrected chi connectivity index (χ1v) is 6.18. The van der Waals surface area contributed by atoms with Crippen LogP contribution in [0.5, 0.6) is 0 Å². The largest absolute Gasteiger partial charge is 0.461 e. The van der Waals surface area contributed by atoms with Gasteiger partial charge in [-0.15, -0.1) is 0 Å². The van der Waals surface area contributed by atoms with Crippen LogP contribution in [-0.4, -0.2) is 16.5 Å². The molecule has 0 aliphatic heterocycles. The van der Waals surface area contributed by atoms with Crippen LogP contribution in [-0.2, 0) is 5.41 Å². The molecule has 0 saturated carbocycles. The second-order valence-corrected chi connectivity index (χ2v) is 5.22. The monoisotopic (exact) mass is 245 g/mol. The van der Waals surface area contributed by atoms with Crippen molar-refractivity contribution in [2.45, 2.75) is 33.1 Å². The van der Waals surface area contributed by atoms with Crippen LogP contribution >= 0.6 is 0 Å². The van der Waals surface area contributed by atoms with Gasteiger partial charge >= 0.3 is 0 Å². The Labute approximate surface area is 107 Å². The molecule has 2 aromatic rings. The maximum absolute atomic E-state index is 5.37. The lowest BCUT2D eigenvalue weighted by Gasteiger charge is -2.19. The van der Waals surface area contributed by atoms with Crippen molar-refractivity contribution in [3.63, 3.8) is 0 Å². The molecule has 0 aromatic carbocycles. The number of rotatable bonds is 3. The Morgan fingerprint density at radius 1 is 1.28 bits per heavy atom. The van der Waals surface area contributed by atoms with Gasteiger partial charge < -0.3 is 9.73 Å². The Morgan fingerprint density at radius 3 is 2.61 bits per heavy atom. The second-order valence-electron chi connectivity index (χ2n) is 5.22. The van der Waals surface area contributed by atoms with Crippen molar-refractivity contribution in [3.05, 3.63) is 30.2 Å². The van der Waals surface area contributed by atoms with Crippen molar-refractivity contribution >= 4 is 5.82 Å². The molecule has 0 saturated heterocycles. The number of aromatic nitrogens is 2. The van der Waals surface area contributed by atoms with Crippen molar-refractivity contribution in [3.8, 4) is 11.6 Å². The molecule has 0 fully saturated rings. The third-order valence-electron chi connectivity index (χ3n) is 2.59. The van der Waals surface area contributed by atoms with Crippen LogP contribution in [0.4, 0.5) is 5.82 Å². The van der Waals surface area contributed by atoms with Crippen LogP contribution in [0.1, 0.15) is 33.4 Å². The first kappa shape index (κ1) is 12.6. The maximum Gasteiger partial charge on any atom is 0.197 e. The summed E-state index contributed by atoms with van der Waals surface area (Å²) < 4.78 is 5.37. The maximum atomic E-state index is 5.37. The molecule has 0 aliphatic carbocycles. The molecule has 2 heterocycles. The third-order valence-corrected chi connectivity index (χ3v) is 2.59. The van der Waals surface area contributed by atoms with Crippen molar-refractivity contribution in [2.75, 3.05) is 11.9 Å². The molecule has 4 nitrogen and oxygen atoms in total. The summed E-state index contributed by atoms with van der Waals surface area (Å²) in [6.07, 6.45) is 1.63.